The van der Waals surface area contributed by atoms with E-state index in [1.165, 1.54) is 129 Å². The normalized spacial score (nSPS) is 11.3. The summed E-state index contributed by atoms with van der Waals surface area (Å²) in [6.07, 6.45) is 12.9. The van der Waals surface area contributed by atoms with Crippen LogP contribution in [0.25, 0.3) is 50.1 Å². The van der Waals surface area contributed by atoms with Crippen LogP contribution in [0.5, 0.6) is 0 Å². The zero-order valence-electron chi connectivity index (χ0n) is 27.3. The van der Waals surface area contributed by atoms with Crippen LogP contribution in [0.4, 0.5) is 0 Å². The zero-order valence-corrected chi connectivity index (χ0v) is 32.2. The van der Waals surface area contributed by atoms with Crippen LogP contribution in [0.1, 0.15) is 91.6 Å². The molecule has 0 aliphatic rings. The molecule has 0 radical (unpaired) electrons. The van der Waals surface area contributed by atoms with Gasteiger partial charge in [-0.2, -0.15) is 0 Å². The molecule has 238 valence electrons. The molecule has 0 atom stereocenters. The highest BCUT2D eigenvalue weighted by Crippen LogP contribution is 2.51. The van der Waals surface area contributed by atoms with E-state index in [2.05, 4.69) is 93.3 Å². The molecule has 0 aliphatic carbocycles. The molecule has 6 aromatic heterocycles. The Balaban J connectivity index is 1.27. The summed E-state index contributed by atoms with van der Waals surface area (Å²) in [5.74, 6) is 6.53. The number of hydrogen-bond donors (Lipinski definition) is 0. The smallest absolute Gasteiger partial charge is 0.0781 e. The summed E-state index contributed by atoms with van der Waals surface area (Å²) in [7, 11) is 0. The fourth-order valence-corrected chi connectivity index (χ4v) is 12.5. The van der Waals surface area contributed by atoms with Crippen LogP contribution < -0.4 is 0 Å². The van der Waals surface area contributed by atoms with Crippen LogP contribution in [0.3, 0.4) is 0 Å². The Bertz CT molecular complexity index is 1920. The minimum atomic E-state index is 1.14. The lowest BCUT2D eigenvalue weighted by Crippen LogP contribution is -1.80. The monoisotopic (exact) mass is 714 g/mol. The quantitative estimate of drug-likeness (QED) is 0.0734. The summed E-state index contributed by atoms with van der Waals surface area (Å²) in [6.45, 7) is 8.75. The van der Waals surface area contributed by atoms with E-state index < -0.39 is 0 Å². The van der Waals surface area contributed by atoms with Crippen molar-refractivity contribution in [2.24, 2.45) is 0 Å². The second-order valence-electron chi connectivity index (χ2n) is 11.8. The first kappa shape index (κ1) is 33.7. The average molecular weight is 715 g/mol. The zero-order chi connectivity index (χ0) is 31.9. The van der Waals surface area contributed by atoms with Gasteiger partial charge in [0.1, 0.15) is 0 Å². The number of rotatable bonds is 15. The van der Waals surface area contributed by atoms with Crippen molar-refractivity contribution >= 4 is 68.0 Å². The highest BCUT2D eigenvalue weighted by atomic mass is 32.1. The third-order valence-corrected chi connectivity index (χ3v) is 15.3. The van der Waals surface area contributed by atoms with Gasteiger partial charge in [-0.1, -0.05) is 58.3 Å². The molecule has 0 amide bonds. The van der Waals surface area contributed by atoms with Crippen LogP contribution in [-0.2, 0) is 12.8 Å². The summed E-state index contributed by atoms with van der Waals surface area (Å²) in [5.41, 5.74) is 2.68. The Morgan fingerprint density at radius 2 is 0.978 bits per heavy atom. The highest BCUT2D eigenvalue weighted by molar-refractivity contribution is 7.27. The maximum Gasteiger partial charge on any atom is 0.0781 e. The Labute approximate surface area is 299 Å². The Kier molecular flexibility index (Phi) is 11.9. The molecule has 6 rings (SSSR count). The average Bonchev–Trinajstić information content (AvgIpc) is 3.89. The molecule has 6 heteroatoms. The molecule has 0 nitrogen and oxygen atoms in total. The van der Waals surface area contributed by atoms with Gasteiger partial charge in [-0.15, -0.1) is 73.9 Å². The second kappa shape index (κ2) is 16.2. The van der Waals surface area contributed by atoms with Crippen molar-refractivity contribution in [1.29, 1.82) is 0 Å². The first-order valence-corrected chi connectivity index (χ1v) is 21.5. The maximum atomic E-state index is 3.38. The molecular weight excluding hydrogens is 673 g/mol. The molecule has 6 heterocycles. The van der Waals surface area contributed by atoms with E-state index in [1.54, 1.807) is 0 Å². The van der Waals surface area contributed by atoms with Gasteiger partial charge in [0.15, 0.2) is 0 Å². The minimum Gasteiger partial charge on any atom is -0.139 e. The predicted octanol–water partition coefficient (Wildman–Crippen LogP) is 15.3. The molecule has 6 aromatic rings. The molecule has 0 unspecified atom stereocenters. The van der Waals surface area contributed by atoms with Gasteiger partial charge in [0.05, 0.1) is 14.6 Å². The second-order valence-corrected chi connectivity index (χ2v) is 18.6. The number of aryl methyl sites for hydroxylation is 3. The van der Waals surface area contributed by atoms with Crippen LogP contribution >= 0.6 is 68.0 Å². The number of thiophene rings is 6. The lowest BCUT2D eigenvalue weighted by Gasteiger charge is -2.03. The molecule has 0 spiro atoms. The van der Waals surface area contributed by atoms with Gasteiger partial charge in [-0.05, 0) is 100 Å². The highest BCUT2D eigenvalue weighted by Gasteiger charge is 2.21. The Morgan fingerprint density at radius 1 is 0.500 bits per heavy atom. The topological polar surface area (TPSA) is 0 Å². The molecule has 0 aliphatic heterocycles. The summed E-state index contributed by atoms with van der Waals surface area (Å²) < 4.78 is 0. The van der Waals surface area contributed by atoms with Gasteiger partial charge < -0.3 is 0 Å². The van der Waals surface area contributed by atoms with E-state index in [1.807, 2.05) is 74.9 Å². The van der Waals surface area contributed by atoms with Crippen LogP contribution in [0.2, 0.25) is 0 Å². The third-order valence-electron chi connectivity index (χ3n) is 8.15. The van der Waals surface area contributed by atoms with Gasteiger partial charge in [-0.3, -0.25) is 0 Å². The molecule has 0 saturated carbocycles. The van der Waals surface area contributed by atoms with Crippen LogP contribution in [0.15, 0.2) is 60.7 Å². The van der Waals surface area contributed by atoms with E-state index in [-0.39, 0.29) is 0 Å². The van der Waals surface area contributed by atoms with Crippen LogP contribution in [-0.4, -0.2) is 0 Å². The fourth-order valence-electron chi connectivity index (χ4n) is 5.77. The summed E-state index contributed by atoms with van der Waals surface area (Å²) >= 11 is 11.6. The van der Waals surface area contributed by atoms with Gasteiger partial charge in [0, 0.05) is 55.0 Å². The Hall–Kier alpha value is -2.24. The van der Waals surface area contributed by atoms with Crippen LogP contribution in [0, 0.1) is 18.8 Å². The van der Waals surface area contributed by atoms with Crippen molar-refractivity contribution in [3.63, 3.8) is 0 Å². The van der Waals surface area contributed by atoms with E-state index in [0.717, 1.165) is 4.88 Å². The van der Waals surface area contributed by atoms with Crippen molar-refractivity contribution < 1.29 is 0 Å². The summed E-state index contributed by atoms with van der Waals surface area (Å²) in [6, 6.07) is 23.4. The first-order valence-electron chi connectivity index (χ1n) is 16.6. The molecule has 0 fully saturated rings. The molecule has 0 saturated heterocycles. The molecule has 46 heavy (non-hydrogen) atoms. The van der Waals surface area contributed by atoms with Crippen molar-refractivity contribution in [2.75, 3.05) is 0 Å². The van der Waals surface area contributed by atoms with Gasteiger partial charge in [-0.25, -0.2) is 0 Å². The summed E-state index contributed by atoms with van der Waals surface area (Å²) in [5, 5.41) is 0. The van der Waals surface area contributed by atoms with E-state index in [9.17, 15) is 0 Å². The van der Waals surface area contributed by atoms with Crippen molar-refractivity contribution in [2.45, 2.75) is 91.9 Å². The maximum absolute atomic E-state index is 3.38. The van der Waals surface area contributed by atoms with Gasteiger partial charge in [0.25, 0.3) is 0 Å². The lowest BCUT2D eigenvalue weighted by molar-refractivity contribution is 0.670. The number of hydrogen-bond acceptors (Lipinski definition) is 6. The Morgan fingerprint density at radius 3 is 1.52 bits per heavy atom. The molecule has 0 N–H and O–H groups in total. The standard InChI is InChI=1S/C40H42S6/c1-5-8-10-12-15-28-17-19-35(42-28)37-23-21-33(45-37)31-25-27(4)41-39(31)40-32(26-30(44-40)14-7-3)34-22-24-38(46-34)36-20-18-29(43-36)16-13-11-9-6-2/h17-26H,5-6,8-13,15-16H2,1-4H3. The SMILES string of the molecule is CC#Cc1cc(-c2ccc(-c3ccc(CCCCCC)s3)s2)c(-c2sc(C)cc2-c2ccc(-c3ccc(CCCCCC)s3)s2)s1. The summed E-state index contributed by atoms with van der Waals surface area (Å²) in [4.78, 5) is 16.5. The van der Waals surface area contributed by atoms with Gasteiger partial charge in [0.2, 0.25) is 0 Å². The van der Waals surface area contributed by atoms with E-state index in [0.29, 0.717) is 0 Å². The van der Waals surface area contributed by atoms with Gasteiger partial charge >= 0.3 is 0 Å². The van der Waals surface area contributed by atoms with E-state index >= 15 is 0 Å². The van der Waals surface area contributed by atoms with Crippen molar-refractivity contribution in [1.82, 2.24) is 0 Å². The minimum absolute atomic E-state index is 1.14. The molecule has 0 aromatic carbocycles. The largest absolute Gasteiger partial charge is 0.139 e. The molecule has 0 bridgehead atoms. The van der Waals surface area contributed by atoms with Crippen molar-refractivity contribution in [3.05, 3.63) is 80.2 Å². The fraction of sp³-hybridized carbons (Fsp3) is 0.350. The predicted molar refractivity (Wildman–Crippen MR) is 214 cm³/mol. The first-order chi connectivity index (χ1) is 22.6. The number of unbranched alkanes of at least 4 members (excludes halogenated alkanes) is 6. The third kappa shape index (κ3) is 8.06. The lowest BCUT2D eigenvalue weighted by atomic mass is 10.1. The van der Waals surface area contributed by atoms with Crippen molar-refractivity contribution in [3.8, 4) is 62.0 Å². The van der Waals surface area contributed by atoms with E-state index in [4.69, 9.17) is 0 Å². The molecular formula is C40H42S6.